The third kappa shape index (κ3) is 3.77. The number of ether oxygens (including phenoxy) is 1. The van der Waals surface area contributed by atoms with Gasteiger partial charge in [0.2, 0.25) is 5.91 Å². The highest BCUT2D eigenvalue weighted by molar-refractivity contribution is 5.80. The van der Waals surface area contributed by atoms with E-state index in [4.69, 9.17) is 4.74 Å². The molecule has 1 saturated heterocycles. The Morgan fingerprint density at radius 3 is 2.85 bits per heavy atom. The zero-order chi connectivity index (χ0) is 9.68. The fourth-order valence-corrected chi connectivity index (χ4v) is 1.37. The molecule has 0 aliphatic carbocycles. The monoisotopic (exact) mass is 185 g/mol. The quantitative estimate of drug-likeness (QED) is 0.720. The summed E-state index contributed by atoms with van der Waals surface area (Å²) in [5.41, 5.74) is 0. The summed E-state index contributed by atoms with van der Waals surface area (Å²) in [5.74, 6) is 0.570. The summed E-state index contributed by atoms with van der Waals surface area (Å²) < 4.78 is 5.36. The topological polar surface area (TPSA) is 38.3 Å². The summed E-state index contributed by atoms with van der Waals surface area (Å²) in [5, 5.41) is 2.89. The molecule has 76 valence electrons. The van der Waals surface area contributed by atoms with Gasteiger partial charge in [-0.3, -0.25) is 4.79 Å². The van der Waals surface area contributed by atoms with E-state index in [1.807, 2.05) is 0 Å². The largest absolute Gasteiger partial charge is 0.368 e. The summed E-state index contributed by atoms with van der Waals surface area (Å²) in [6, 6.07) is 0. The Balaban J connectivity index is 2.21. The Morgan fingerprint density at radius 1 is 1.54 bits per heavy atom. The van der Waals surface area contributed by atoms with Crippen LogP contribution in [0.2, 0.25) is 0 Å². The molecule has 1 N–H and O–H groups in total. The predicted molar refractivity (Wildman–Crippen MR) is 51.4 cm³/mol. The highest BCUT2D eigenvalue weighted by Crippen LogP contribution is 2.12. The first-order chi connectivity index (χ1) is 6.20. The van der Waals surface area contributed by atoms with Gasteiger partial charge in [-0.05, 0) is 25.2 Å². The lowest BCUT2D eigenvalue weighted by Crippen LogP contribution is -2.39. The molecule has 3 heteroatoms. The van der Waals surface area contributed by atoms with E-state index in [1.54, 1.807) is 0 Å². The maximum atomic E-state index is 11.5. The minimum atomic E-state index is -0.188. The van der Waals surface area contributed by atoms with Crippen LogP contribution in [0.1, 0.15) is 33.1 Å². The van der Waals surface area contributed by atoms with Crippen LogP contribution in [-0.2, 0) is 9.53 Å². The fourth-order valence-electron chi connectivity index (χ4n) is 1.37. The third-order valence-electron chi connectivity index (χ3n) is 2.16. The molecule has 0 aromatic rings. The zero-order valence-corrected chi connectivity index (χ0v) is 8.51. The first-order valence-electron chi connectivity index (χ1n) is 5.09. The second kappa shape index (κ2) is 5.22. The molecule has 1 aliphatic heterocycles. The van der Waals surface area contributed by atoms with Crippen LogP contribution < -0.4 is 5.32 Å². The molecule has 1 rings (SSSR count). The molecule has 13 heavy (non-hydrogen) atoms. The molecule has 1 aliphatic rings. The van der Waals surface area contributed by atoms with E-state index in [1.165, 1.54) is 0 Å². The highest BCUT2D eigenvalue weighted by atomic mass is 16.5. The van der Waals surface area contributed by atoms with Crippen molar-refractivity contribution in [2.45, 2.75) is 39.2 Å². The molecule has 0 saturated carbocycles. The Kier molecular flexibility index (Phi) is 4.22. The molecule has 1 heterocycles. The molecule has 0 aromatic heterocycles. The second-order valence-electron chi connectivity index (χ2n) is 3.99. The number of carbonyl (C=O) groups is 1. The maximum Gasteiger partial charge on any atom is 0.249 e. The summed E-state index contributed by atoms with van der Waals surface area (Å²) in [6.45, 7) is 5.66. The van der Waals surface area contributed by atoms with E-state index in [2.05, 4.69) is 19.2 Å². The van der Waals surface area contributed by atoms with Crippen LogP contribution in [0.15, 0.2) is 0 Å². The molecule has 0 radical (unpaired) electrons. The van der Waals surface area contributed by atoms with Crippen molar-refractivity contribution in [3.8, 4) is 0 Å². The number of rotatable bonds is 3. The molecule has 3 nitrogen and oxygen atoms in total. The summed E-state index contributed by atoms with van der Waals surface area (Å²) in [4.78, 5) is 11.5. The smallest absolute Gasteiger partial charge is 0.249 e. The van der Waals surface area contributed by atoms with Crippen LogP contribution in [0.25, 0.3) is 0 Å². The van der Waals surface area contributed by atoms with Crippen LogP contribution in [0.4, 0.5) is 0 Å². The van der Waals surface area contributed by atoms with Gasteiger partial charge in [-0.15, -0.1) is 0 Å². The maximum absolute atomic E-state index is 11.5. The molecule has 1 unspecified atom stereocenters. The molecule has 0 spiro atoms. The van der Waals surface area contributed by atoms with Crippen molar-refractivity contribution in [1.29, 1.82) is 0 Å². The first kappa shape index (κ1) is 10.5. The van der Waals surface area contributed by atoms with Crippen molar-refractivity contribution in [2.24, 2.45) is 5.92 Å². The van der Waals surface area contributed by atoms with Crippen LogP contribution in [0, 0.1) is 5.92 Å². The number of hydrogen-bond acceptors (Lipinski definition) is 2. The van der Waals surface area contributed by atoms with Crippen molar-refractivity contribution < 1.29 is 9.53 Å². The minimum Gasteiger partial charge on any atom is -0.368 e. The van der Waals surface area contributed by atoms with Gasteiger partial charge in [0.05, 0.1) is 0 Å². The first-order valence-corrected chi connectivity index (χ1v) is 5.09. The van der Waals surface area contributed by atoms with Crippen molar-refractivity contribution in [3.63, 3.8) is 0 Å². The lowest BCUT2D eigenvalue weighted by Gasteiger charge is -2.22. The lowest BCUT2D eigenvalue weighted by atomic mass is 10.1. The van der Waals surface area contributed by atoms with Gasteiger partial charge in [0.25, 0.3) is 0 Å². The van der Waals surface area contributed by atoms with Crippen molar-refractivity contribution >= 4 is 5.91 Å². The van der Waals surface area contributed by atoms with Crippen LogP contribution in [0.5, 0.6) is 0 Å². The number of hydrogen-bond donors (Lipinski definition) is 1. The average Bonchev–Trinajstić information content (AvgIpc) is 2.15. The molecule has 1 atom stereocenters. The highest BCUT2D eigenvalue weighted by Gasteiger charge is 2.21. The molecular weight excluding hydrogens is 166 g/mol. The van der Waals surface area contributed by atoms with Gasteiger partial charge in [-0.2, -0.15) is 0 Å². The number of nitrogens with one attached hydrogen (secondary N) is 1. The molecule has 1 amide bonds. The summed E-state index contributed by atoms with van der Waals surface area (Å²) in [7, 11) is 0. The Morgan fingerprint density at radius 2 is 2.31 bits per heavy atom. The molecule has 0 aromatic carbocycles. The van der Waals surface area contributed by atoms with Gasteiger partial charge >= 0.3 is 0 Å². The van der Waals surface area contributed by atoms with Gasteiger partial charge in [0.15, 0.2) is 0 Å². The number of carbonyl (C=O) groups excluding carboxylic acids is 1. The van der Waals surface area contributed by atoms with Crippen molar-refractivity contribution in [2.75, 3.05) is 13.2 Å². The zero-order valence-electron chi connectivity index (χ0n) is 8.51. The lowest BCUT2D eigenvalue weighted by molar-refractivity contribution is -0.135. The van der Waals surface area contributed by atoms with Gasteiger partial charge in [-0.1, -0.05) is 13.8 Å². The van der Waals surface area contributed by atoms with E-state index in [9.17, 15) is 4.79 Å². The van der Waals surface area contributed by atoms with Crippen LogP contribution in [-0.4, -0.2) is 25.2 Å². The van der Waals surface area contributed by atoms with Crippen molar-refractivity contribution in [1.82, 2.24) is 5.32 Å². The Labute approximate surface area is 79.8 Å². The Bertz CT molecular complexity index is 162. The van der Waals surface area contributed by atoms with Gasteiger partial charge in [-0.25, -0.2) is 0 Å². The SMILES string of the molecule is CC(C)CNC(=O)C1CCCCO1. The average molecular weight is 185 g/mol. The van der Waals surface area contributed by atoms with Gasteiger partial charge in [0, 0.05) is 13.2 Å². The predicted octanol–water partition coefficient (Wildman–Crippen LogP) is 1.33. The third-order valence-corrected chi connectivity index (χ3v) is 2.16. The van der Waals surface area contributed by atoms with Crippen LogP contribution in [0.3, 0.4) is 0 Å². The summed E-state index contributed by atoms with van der Waals surface area (Å²) >= 11 is 0. The van der Waals surface area contributed by atoms with Crippen LogP contribution >= 0.6 is 0 Å². The van der Waals surface area contributed by atoms with Gasteiger partial charge in [0.1, 0.15) is 6.10 Å². The van der Waals surface area contributed by atoms with E-state index >= 15 is 0 Å². The number of amides is 1. The molecule has 1 fully saturated rings. The van der Waals surface area contributed by atoms with E-state index in [-0.39, 0.29) is 12.0 Å². The molecular formula is C10H19NO2. The summed E-state index contributed by atoms with van der Waals surface area (Å²) in [6.07, 6.45) is 2.89. The van der Waals surface area contributed by atoms with Crippen molar-refractivity contribution in [3.05, 3.63) is 0 Å². The standard InChI is InChI=1S/C10H19NO2/c1-8(2)7-11-10(12)9-5-3-4-6-13-9/h8-9H,3-7H2,1-2H3,(H,11,12). The Hall–Kier alpha value is -0.570. The van der Waals surface area contributed by atoms with E-state index < -0.39 is 0 Å². The fraction of sp³-hybridized carbons (Fsp3) is 0.900. The minimum absolute atomic E-state index is 0.0633. The second-order valence-corrected chi connectivity index (χ2v) is 3.99. The molecule has 0 bridgehead atoms. The van der Waals surface area contributed by atoms with E-state index in [0.29, 0.717) is 5.92 Å². The van der Waals surface area contributed by atoms with Gasteiger partial charge < -0.3 is 10.1 Å². The van der Waals surface area contributed by atoms with E-state index in [0.717, 1.165) is 32.4 Å². The normalized spacial score (nSPS) is 23.2.